The van der Waals surface area contributed by atoms with E-state index in [1.165, 1.54) is 4.31 Å². The molecule has 0 spiro atoms. The number of nitrogens with one attached hydrogen (secondary N) is 1. The summed E-state index contributed by atoms with van der Waals surface area (Å²) in [6.45, 7) is 4.91. The molecule has 7 heteroatoms. The zero-order valence-electron chi connectivity index (χ0n) is 17.1. The molecule has 1 saturated heterocycles. The number of anilines is 1. The second-order valence-electron chi connectivity index (χ2n) is 7.59. The van der Waals surface area contributed by atoms with Crippen molar-refractivity contribution < 1.29 is 13.2 Å². The molecule has 5 nitrogen and oxygen atoms in total. The molecule has 156 valence electrons. The van der Waals surface area contributed by atoms with E-state index in [0.717, 1.165) is 16.1 Å². The van der Waals surface area contributed by atoms with Gasteiger partial charge in [-0.1, -0.05) is 32.0 Å². The van der Waals surface area contributed by atoms with E-state index in [2.05, 4.69) is 19.2 Å². The topological polar surface area (TPSA) is 66.5 Å². The second kappa shape index (κ2) is 9.32. The molecule has 0 aliphatic carbocycles. The normalized spacial score (nSPS) is 16.1. The van der Waals surface area contributed by atoms with Gasteiger partial charge >= 0.3 is 0 Å². The van der Waals surface area contributed by atoms with Crippen LogP contribution in [0.2, 0.25) is 0 Å². The molecule has 1 heterocycles. The predicted octanol–water partition coefficient (Wildman–Crippen LogP) is 4.57. The molecule has 29 heavy (non-hydrogen) atoms. The van der Waals surface area contributed by atoms with Crippen LogP contribution in [0.3, 0.4) is 0 Å². The Labute approximate surface area is 177 Å². The predicted molar refractivity (Wildman–Crippen MR) is 119 cm³/mol. The molecule has 0 unspecified atom stereocenters. The molecule has 0 atom stereocenters. The first-order chi connectivity index (χ1) is 13.8. The number of carbonyl (C=O) groups is 1. The third kappa shape index (κ3) is 5.02. The first-order valence-electron chi connectivity index (χ1n) is 9.87. The van der Waals surface area contributed by atoms with Crippen molar-refractivity contribution in [3.05, 3.63) is 54.1 Å². The molecule has 2 aromatic carbocycles. The SMILES string of the molecule is CSc1ccc(S(=O)(=O)N2CCC(C(=O)Nc3ccccc3C(C)C)CC2)cc1. The number of carbonyl (C=O) groups excluding carboxylic acids is 1. The molecule has 1 amide bonds. The number of hydrogen-bond donors (Lipinski definition) is 1. The van der Waals surface area contributed by atoms with Gasteiger partial charge in [-0.3, -0.25) is 4.79 Å². The van der Waals surface area contributed by atoms with Crippen molar-refractivity contribution in [2.24, 2.45) is 5.92 Å². The van der Waals surface area contributed by atoms with Crippen LogP contribution in [-0.2, 0) is 14.8 Å². The Morgan fingerprint density at radius 3 is 2.28 bits per heavy atom. The van der Waals surface area contributed by atoms with E-state index in [1.54, 1.807) is 23.9 Å². The van der Waals surface area contributed by atoms with Gasteiger partial charge in [0.1, 0.15) is 0 Å². The molecule has 1 N–H and O–H groups in total. The van der Waals surface area contributed by atoms with Crippen LogP contribution in [0, 0.1) is 5.92 Å². The first kappa shape index (κ1) is 21.9. The van der Waals surface area contributed by atoms with Crippen LogP contribution >= 0.6 is 11.8 Å². The van der Waals surface area contributed by atoms with Gasteiger partial charge in [0, 0.05) is 29.6 Å². The highest BCUT2D eigenvalue weighted by Crippen LogP contribution is 2.28. The van der Waals surface area contributed by atoms with Crippen LogP contribution in [0.15, 0.2) is 58.3 Å². The molecular formula is C22H28N2O3S2. The molecule has 0 bridgehead atoms. The Bertz CT molecular complexity index is 948. The maximum Gasteiger partial charge on any atom is 0.243 e. The molecule has 1 aliphatic heterocycles. The lowest BCUT2D eigenvalue weighted by Gasteiger charge is -2.30. The fourth-order valence-corrected chi connectivity index (χ4v) is 5.48. The van der Waals surface area contributed by atoms with E-state index in [0.29, 0.717) is 36.7 Å². The lowest BCUT2D eigenvalue weighted by molar-refractivity contribution is -0.120. The van der Waals surface area contributed by atoms with Crippen molar-refractivity contribution in [1.29, 1.82) is 0 Å². The van der Waals surface area contributed by atoms with E-state index >= 15 is 0 Å². The van der Waals surface area contributed by atoms with Crippen molar-refractivity contribution in [3.8, 4) is 0 Å². The Kier molecular flexibility index (Phi) is 7.03. The van der Waals surface area contributed by atoms with Crippen molar-refractivity contribution >= 4 is 33.4 Å². The standard InChI is InChI=1S/C22H28N2O3S2/c1-16(2)20-6-4-5-7-21(20)23-22(25)17-12-14-24(15-13-17)29(26,27)19-10-8-18(28-3)9-11-19/h4-11,16-17H,12-15H2,1-3H3,(H,23,25). The van der Waals surface area contributed by atoms with Crippen LogP contribution in [0.1, 0.15) is 38.2 Å². The Morgan fingerprint density at radius 2 is 1.69 bits per heavy atom. The molecule has 1 aliphatic rings. The molecule has 1 fully saturated rings. The van der Waals surface area contributed by atoms with Crippen LogP contribution in [0.5, 0.6) is 0 Å². The first-order valence-corrected chi connectivity index (χ1v) is 12.5. The van der Waals surface area contributed by atoms with Crippen LogP contribution < -0.4 is 5.32 Å². The summed E-state index contributed by atoms with van der Waals surface area (Å²) in [4.78, 5) is 14.1. The molecular weight excluding hydrogens is 404 g/mol. The van der Waals surface area contributed by atoms with E-state index < -0.39 is 10.0 Å². The van der Waals surface area contributed by atoms with Crippen LogP contribution in [-0.4, -0.2) is 38.0 Å². The zero-order chi connectivity index (χ0) is 21.0. The van der Waals surface area contributed by atoms with Gasteiger partial charge < -0.3 is 5.32 Å². The highest BCUT2D eigenvalue weighted by atomic mass is 32.2. The van der Waals surface area contributed by atoms with Crippen LogP contribution in [0.4, 0.5) is 5.69 Å². The number of hydrogen-bond acceptors (Lipinski definition) is 4. The average molecular weight is 433 g/mol. The minimum Gasteiger partial charge on any atom is -0.326 e. The lowest BCUT2D eigenvalue weighted by Crippen LogP contribution is -2.41. The van der Waals surface area contributed by atoms with Crippen LogP contribution in [0.25, 0.3) is 0 Å². The monoisotopic (exact) mass is 432 g/mol. The fraction of sp³-hybridized carbons (Fsp3) is 0.409. The summed E-state index contributed by atoms with van der Waals surface area (Å²) in [5, 5.41) is 3.05. The van der Waals surface area contributed by atoms with Gasteiger partial charge in [-0.05, 0) is 60.9 Å². The number of nitrogens with zero attached hydrogens (tertiary/aromatic N) is 1. The molecule has 2 aromatic rings. The number of piperidine rings is 1. The number of thioether (sulfide) groups is 1. The summed E-state index contributed by atoms with van der Waals surface area (Å²) in [6.07, 6.45) is 3.01. The average Bonchev–Trinajstić information content (AvgIpc) is 2.74. The van der Waals surface area contributed by atoms with Crippen molar-refractivity contribution in [3.63, 3.8) is 0 Å². The van der Waals surface area contributed by atoms with Gasteiger partial charge in [0.15, 0.2) is 0 Å². The third-order valence-corrected chi connectivity index (χ3v) is 8.02. The second-order valence-corrected chi connectivity index (χ2v) is 10.4. The Balaban J connectivity index is 1.63. The highest BCUT2D eigenvalue weighted by molar-refractivity contribution is 7.98. The van der Waals surface area contributed by atoms with E-state index in [-0.39, 0.29) is 11.8 Å². The smallest absolute Gasteiger partial charge is 0.243 e. The summed E-state index contributed by atoms with van der Waals surface area (Å²) < 4.78 is 27.3. The summed E-state index contributed by atoms with van der Waals surface area (Å²) in [7, 11) is -3.52. The van der Waals surface area contributed by atoms with Crippen molar-refractivity contribution in [2.45, 2.75) is 42.4 Å². The molecule has 0 radical (unpaired) electrons. The number of amides is 1. The Morgan fingerprint density at radius 1 is 1.07 bits per heavy atom. The van der Waals surface area contributed by atoms with Gasteiger partial charge in [0.25, 0.3) is 0 Å². The van der Waals surface area contributed by atoms with Gasteiger partial charge in [0.2, 0.25) is 15.9 Å². The number of benzene rings is 2. The fourth-order valence-electron chi connectivity index (χ4n) is 3.60. The molecule has 0 aromatic heterocycles. The number of para-hydroxylation sites is 1. The summed E-state index contributed by atoms with van der Waals surface area (Å²) in [5.41, 5.74) is 1.95. The van der Waals surface area contributed by atoms with E-state index in [9.17, 15) is 13.2 Å². The quantitative estimate of drug-likeness (QED) is 0.679. The largest absolute Gasteiger partial charge is 0.326 e. The summed E-state index contributed by atoms with van der Waals surface area (Å²) in [5.74, 6) is 0.107. The lowest BCUT2D eigenvalue weighted by atomic mass is 9.96. The summed E-state index contributed by atoms with van der Waals surface area (Å²) >= 11 is 1.58. The van der Waals surface area contributed by atoms with Gasteiger partial charge in [-0.2, -0.15) is 4.31 Å². The highest BCUT2D eigenvalue weighted by Gasteiger charge is 2.32. The third-order valence-electron chi connectivity index (χ3n) is 5.36. The van der Waals surface area contributed by atoms with Gasteiger partial charge in [0.05, 0.1) is 4.90 Å². The van der Waals surface area contributed by atoms with Gasteiger partial charge in [-0.25, -0.2) is 8.42 Å². The Hall–Kier alpha value is -1.83. The van der Waals surface area contributed by atoms with Gasteiger partial charge in [-0.15, -0.1) is 11.8 Å². The molecule has 3 rings (SSSR count). The number of rotatable bonds is 6. The maximum atomic E-state index is 12.9. The van der Waals surface area contributed by atoms with Crippen molar-refractivity contribution in [2.75, 3.05) is 24.7 Å². The van der Waals surface area contributed by atoms with Crippen molar-refractivity contribution in [1.82, 2.24) is 4.31 Å². The number of sulfonamides is 1. The zero-order valence-corrected chi connectivity index (χ0v) is 18.7. The van der Waals surface area contributed by atoms with E-state index in [4.69, 9.17) is 0 Å². The van der Waals surface area contributed by atoms with E-state index in [1.807, 2.05) is 42.7 Å². The maximum absolute atomic E-state index is 12.9. The molecule has 0 saturated carbocycles. The minimum absolute atomic E-state index is 0.0283. The minimum atomic E-state index is -3.52. The summed E-state index contributed by atoms with van der Waals surface area (Å²) in [6, 6.07) is 14.8.